The average Bonchev–Trinajstić information content (AvgIpc) is 3.38. The zero-order valence-corrected chi connectivity index (χ0v) is 22.1. The van der Waals surface area contributed by atoms with Gasteiger partial charge in [-0.25, -0.2) is 4.98 Å². The van der Waals surface area contributed by atoms with Crippen LogP contribution in [0, 0.1) is 0 Å². The maximum Gasteiger partial charge on any atom is 0.226 e. The summed E-state index contributed by atoms with van der Waals surface area (Å²) < 4.78 is 6.01. The number of aromatic nitrogens is 1. The molecule has 6 rings (SSSR count). The van der Waals surface area contributed by atoms with Crippen LogP contribution in [0.4, 0.5) is 0 Å². The molecule has 36 heavy (non-hydrogen) atoms. The fraction of sp³-hybridized carbons (Fsp3) is 0.0312. The summed E-state index contributed by atoms with van der Waals surface area (Å²) in [4.78, 5) is 4.68. The summed E-state index contributed by atoms with van der Waals surface area (Å²) in [6.45, 7) is 0. The minimum Gasteiger partial charge on any atom is -1.00 e. The Bertz CT molecular complexity index is 1420. The molecule has 176 valence electrons. The van der Waals surface area contributed by atoms with E-state index in [0.717, 1.165) is 23.1 Å². The van der Waals surface area contributed by atoms with Gasteiger partial charge in [0, 0.05) is 5.57 Å². The first-order valence-electron chi connectivity index (χ1n) is 11.8. The van der Waals surface area contributed by atoms with Gasteiger partial charge in [-0.05, 0) is 66.6 Å². The van der Waals surface area contributed by atoms with E-state index in [1.54, 1.807) is 0 Å². The van der Waals surface area contributed by atoms with Crippen LogP contribution in [0.2, 0.25) is 0 Å². The quantitative estimate of drug-likeness (QED) is 0.309. The molecule has 0 spiro atoms. The number of hydrogen-bond acceptors (Lipinski definition) is 2. The zero-order valence-electron chi connectivity index (χ0n) is 19.7. The van der Waals surface area contributed by atoms with E-state index in [1.165, 1.54) is 21.5 Å². The minimum atomic E-state index is -2.02. The van der Waals surface area contributed by atoms with Gasteiger partial charge in [0.1, 0.15) is 28.7 Å². The van der Waals surface area contributed by atoms with Crippen LogP contribution in [0.5, 0.6) is 0 Å². The number of fused-ring (bicyclic) bond motifs is 1. The summed E-state index contributed by atoms with van der Waals surface area (Å²) >= 11 is 0. The summed E-state index contributed by atoms with van der Waals surface area (Å²) in [7, 11) is -2.02. The first kappa shape index (κ1) is 24.2. The highest BCUT2D eigenvalue weighted by Gasteiger charge is 2.43. The van der Waals surface area contributed by atoms with Gasteiger partial charge >= 0.3 is 0 Å². The molecule has 0 radical (unpaired) electrons. The third-order valence-electron chi connectivity index (χ3n) is 6.43. The lowest BCUT2D eigenvalue weighted by atomic mass is 10.0. The van der Waals surface area contributed by atoms with Crippen molar-refractivity contribution in [1.82, 2.24) is 4.98 Å². The number of para-hydroxylation sites is 2. The van der Waals surface area contributed by atoms with Crippen LogP contribution >= 0.6 is 7.26 Å². The molecular weight excluding hydrogens is 525 g/mol. The molecule has 0 aliphatic heterocycles. The van der Waals surface area contributed by atoms with Gasteiger partial charge in [-0.2, -0.15) is 0 Å². The van der Waals surface area contributed by atoms with Gasteiger partial charge in [-0.1, -0.05) is 78.9 Å². The Hall–Kier alpha value is -3.52. The molecule has 1 heterocycles. The van der Waals surface area contributed by atoms with Crippen molar-refractivity contribution in [1.29, 1.82) is 0 Å². The van der Waals surface area contributed by atoms with E-state index in [1.807, 2.05) is 24.3 Å². The van der Waals surface area contributed by atoms with E-state index in [2.05, 4.69) is 120 Å². The van der Waals surface area contributed by atoms with Crippen molar-refractivity contribution in [3.63, 3.8) is 0 Å². The van der Waals surface area contributed by atoms with Crippen molar-refractivity contribution in [3.05, 3.63) is 151 Å². The average molecular weight is 550 g/mol. The van der Waals surface area contributed by atoms with Crippen LogP contribution in [0.1, 0.15) is 12.3 Å². The van der Waals surface area contributed by atoms with Crippen LogP contribution in [0.25, 0.3) is 16.7 Å². The van der Waals surface area contributed by atoms with Crippen LogP contribution in [-0.4, -0.2) is 4.98 Å². The van der Waals surface area contributed by atoms with Crippen molar-refractivity contribution in [2.24, 2.45) is 0 Å². The maximum absolute atomic E-state index is 6.01. The van der Waals surface area contributed by atoms with Gasteiger partial charge in [-0.3, -0.25) is 0 Å². The van der Waals surface area contributed by atoms with Crippen LogP contribution in [0.15, 0.2) is 149 Å². The van der Waals surface area contributed by atoms with E-state index >= 15 is 0 Å². The van der Waals surface area contributed by atoms with E-state index in [-0.39, 0.29) is 17.0 Å². The molecule has 1 aromatic heterocycles. The van der Waals surface area contributed by atoms with E-state index < -0.39 is 7.26 Å². The van der Waals surface area contributed by atoms with Gasteiger partial charge in [0.05, 0.1) is 5.82 Å². The van der Waals surface area contributed by atoms with E-state index in [0.29, 0.717) is 5.89 Å². The minimum absolute atomic E-state index is 0. The van der Waals surface area contributed by atoms with Crippen LogP contribution in [0.3, 0.4) is 0 Å². The van der Waals surface area contributed by atoms with Gasteiger partial charge < -0.3 is 21.4 Å². The van der Waals surface area contributed by atoms with Crippen molar-refractivity contribution in [3.8, 4) is 0 Å². The molecule has 0 atom stereocenters. The van der Waals surface area contributed by atoms with Gasteiger partial charge in [0.2, 0.25) is 5.89 Å². The predicted molar refractivity (Wildman–Crippen MR) is 149 cm³/mol. The van der Waals surface area contributed by atoms with Gasteiger partial charge in [-0.15, -0.1) is 0 Å². The third-order valence-corrected chi connectivity index (χ3v) is 10.5. The fourth-order valence-electron chi connectivity index (χ4n) is 4.72. The van der Waals surface area contributed by atoms with Crippen molar-refractivity contribution >= 4 is 39.8 Å². The lowest BCUT2D eigenvalue weighted by molar-refractivity contribution is -0.00000724. The molecule has 0 unspecified atom stereocenters. The Morgan fingerprint density at radius 1 is 0.639 bits per heavy atom. The van der Waals surface area contributed by atoms with E-state index in [9.17, 15) is 0 Å². The standard InChI is InChI=1S/C32H25NOP.BrH/c1-4-12-27(13-5-1)35(28-14-6-2-7-15-28,29-16-8-3-9-17-29)24-25-20-22-26(23-21-25)32-33-30-18-10-11-19-31(30)34-32;/h1-20,22-24H,21H2;1H/q+1;/p-1. The number of hydrogen-bond donors (Lipinski definition) is 0. The van der Waals surface area contributed by atoms with Gasteiger partial charge in [0.15, 0.2) is 5.58 Å². The Labute approximate surface area is 222 Å². The SMILES string of the molecule is C1=CC(c2nc3ccccc3o2)=CCC1=C[P+](c1ccccc1)(c1ccccc1)c1ccccc1.[Br-]. The first-order chi connectivity index (χ1) is 17.3. The monoisotopic (exact) mass is 549 g/mol. The second-order valence-electron chi connectivity index (χ2n) is 8.62. The Balaban J connectivity index is 0.00000267. The molecule has 0 N–H and O–H groups in total. The first-order valence-corrected chi connectivity index (χ1v) is 13.7. The third kappa shape index (κ3) is 4.53. The molecule has 0 saturated carbocycles. The number of halogens is 1. The summed E-state index contributed by atoms with van der Waals surface area (Å²) in [6.07, 6.45) is 7.43. The number of benzene rings is 4. The number of oxazole rings is 1. The number of allylic oxidation sites excluding steroid dienone is 5. The van der Waals surface area contributed by atoms with Crippen molar-refractivity contribution in [2.75, 3.05) is 0 Å². The van der Waals surface area contributed by atoms with E-state index in [4.69, 9.17) is 4.42 Å². The highest BCUT2D eigenvalue weighted by atomic mass is 79.9. The normalized spacial score (nSPS) is 14.4. The summed E-state index contributed by atoms with van der Waals surface area (Å²) in [6, 6.07) is 40.7. The smallest absolute Gasteiger partial charge is 0.226 e. The molecule has 0 saturated heterocycles. The zero-order chi connectivity index (χ0) is 23.5. The number of rotatable bonds is 5. The largest absolute Gasteiger partial charge is 1.00 e. The molecule has 1 aliphatic carbocycles. The van der Waals surface area contributed by atoms with Crippen molar-refractivity contribution in [2.45, 2.75) is 6.42 Å². The lowest BCUT2D eigenvalue weighted by Crippen LogP contribution is -3.00. The Morgan fingerprint density at radius 3 is 1.67 bits per heavy atom. The fourth-order valence-corrected chi connectivity index (χ4v) is 8.68. The molecule has 5 aromatic rings. The molecular formula is C32H25BrNOP. The molecule has 2 nitrogen and oxygen atoms in total. The highest BCUT2D eigenvalue weighted by Crippen LogP contribution is 2.58. The topological polar surface area (TPSA) is 26.0 Å². The maximum atomic E-state index is 6.01. The highest BCUT2D eigenvalue weighted by molar-refractivity contribution is 7.98. The van der Waals surface area contributed by atoms with Crippen molar-refractivity contribution < 1.29 is 21.4 Å². The Morgan fingerprint density at radius 2 is 1.17 bits per heavy atom. The van der Waals surface area contributed by atoms with Gasteiger partial charge in [0.25, 0.3) is 0 Å². The lowest BCUT2D eigenvalue weighted by Gasteiger charge is -2.25. The summed E-state index contributed by atoms with van der Waals surface area (Å²) in [5.41, 5.74) is 4.04. The predicted octanol–water partition coefficient (Wildman–Crippen LogP) is 4.05. The second-order valence-corrected chi connectivity index (χ2v) is 11.9. The summed E-state index contributed by atoms with van der Waals surface area (Å²) in [5.74, 6) is 3.21. The number of nitrogens with zero attached hydrogens (tertiary/aromatic N) is 1. The Kier molecular flexibility index (Phi) is 7.13. The molecule has 0 fully saturated rings. The van der Waals surface area contributed by atoms with Crippen LogP contribution < -0.4 is 32.9 Å². The molecule has 0 amide bonds. The van der Waals surface area contributed by atoms with Crippen LogP contribution in [-0.2, 0) is 0 Å². The molecule has 4 aromatic carbocycles. The molecule has 1 aliphatic rings. The molecule has 0 bridgehead atoms. The summed E-state index contributed by atoms with van der Waals surface area (Å²) in [5, 5.41) is 4.06. The molecule has 4 heteroatoms. The second kappa shape index (κ2) is 10.6.